The van der Waals surface area contributed by atoms with Crippen molar-refractivity contribution in [3.63, 3.8) is 0 Å². The predicted octanol–water partition coefficient (Wildman–Crippen LogP) is 2.84. The fourth-order valence-corrected chi connectivity index (χ4v) is 2.82. The number of thiophene rings is 1. The second-order valence-corrected chi connectivity index (χ2v) is 4.82. The van der Waals surface area contributed by atoms with Gasteiger partial charge in [-0.1, -0.05) is 18.2 Å². The number of ether oxygens (including phenoxy) is 1. The fraction of sp³-hybridized carbons (Fsp3) is 0.385. The Labute approximate surface area is 99.5 Å². The zero-order chi connectivity index (χ0) is 11.4. The van der Waals surface area contributed by atoms with Crippen molar-refractivity contribution in [2.45, 2.75) is 18.9 Å². The molecule has 1 heterocycles. The van der Waals surface area contributed by atoms with Gasteiger partial charge in [0.15, 0.2) is 0 Å². The molecule has 86 valence electrons. The van der Waals surface area contributed by atoms with Gasteiger partial charge in [-0.2, -0.15) is 0 Å². The maximum Gasteiger partial charge on any atom is 0.0776 e. The van der Waals surface area contributed by atoms with Crippen LogP contribution >= 0.6 is 11.3 Å². The summed E-state index contributed by atoms with van der Waals surface area (Å²) in [7, 11) is 1.61. The molecule has 2 nitrogen and oxygen atoms in total. The Bertz CT molecular complexity index is 450. The highest BCUT2D eigenvalue weighted by atomic mass is 32.1. The molecular weight excluding hydrogens is 220 g/mol. The quantitative estimate of drug-likeness (QED) is 0.865. The van der Waals surface area contributed by atoms with Gasteiger partial charge >= 0.3 is 0 Å². The third-order valence-electron chi connectivity index (χ3n) is 2.67. The van der Waals surface area contributed by atoms with Crippen molar-refractivity contribution in [2.24, 2.45) is 0 Å². The molecule has 0 aliphatic carbocycles. The average molecular weight is 236 g/mol. The Hall–Kier alpha value is -0.900. The summed E-state index contributed by atoms with van der Waals surface area (Å²) in [5.41, 5.74) is 1.33. The zero-order valence-corrected chi connectivity index (χ0v) is 10.2. The van der Waals surface area contributed by atoms with Crippen LogP contribution in [0.25, 0.3) is 10.1 Å². The highest BCUT2D eigenvalue weighted by Gasteiger charge is 2.07. The number of fused-ring (bicyclic) bond motifs is 1. The molecule has 0 fully saturated rings. The molecule has 0 saturated heterocycles. The molecule has 1 atom stereocenters. The van der Waals surface area contributed by atoms with Gasteiger partial charge in [0.25, 0.3) is 0 Å². The summed E-state index contributed by atoms with van der Waals surface area (Å²) < 4.78 is 6.23. The van der Waals surface area contributed by atoms with E-state index in [4.69, 9.17) is 4.74 Å². The van der Waals surface area contributed by atoms with Crippen LogP contribution in [-0.2, 0) is 11.2 Å². The number of aryl methyl sites for hydroxylation is 1. The van der Waals surface area contributed by atoms with E-state index in [1.807, 2.05) is 0 Å². The zero-order valence-electron chi connectivity index (χ0n) is 9.35. The van der Waals surface area contributed by atoms with Crippen molar-refractivity contribution in [3.8, 4) is 0 Å². The van der Waals surface area contributed by atoms with E-state index in [2.05, 4.69) is 29.6 Å². The van der Waals surface area contributed by atoms with Crippen LogP contribution in [0, 0.1) is 0 Å². The van der Waals surface area contributed by atoms with E-state index in [1.165, 1.54) is 15.6 Å². The highest BCUT2D eigenvalue weighted by Crippen LogP contribution is 2.26. The number of hydrogen-bond donors (Lipinski definition) is 1. The van der Waals surface area contributed by atoms with Crippen LogP contribution in [0.3, 0.4) is 0 Å². The Morgan fingerprint density at radius 3 is 3.00 bits per heavy atom. The molecule has 1 N–H and O–H groups in total. The maximum absolute atomic E-state index is 9.60. The van der Waals surface area contributed by atoms with Gasteiger partial charge < -0.3 is 9.84 Å². The van der Waals surface area contributed by atoms with E-state index >= 15 is 0 Å². The highest BCUT2D eigenvalue weighted by molar-refractivity contribution is 7.17. The molecular formula is C13H16O2S. The van der Waals surface area contributed by atoms with E-state index in [0.29, 0.717) is 6.61 Å². The Morgan fingerprint density at radius 2 is 2.19 bits per heavy atom. The van der Waals surface area contributed by atoms with E-state index in [1.54, 1.807) is 18.4 Å². The number of hydrogen-bond acceptors (Lipinski definition) is 3. The van der Waals surface area contributed by atoms with E-state index in [0.717, 1.165) is 12.8 Å². The number of rotatable bonds is 5. The van der Waals surface area contributed by atoms with Gasteiger partial charge in [0, 0.05) is 11.8 Å². The minimum Gasteiger partial charge on any atom is -0.391 e. The molecule has 0 aliphatic heterocycles. The Balaban J connectivity index is 2.04. The van der Waals surface area contributed by atoms with Crippen molar-refractivity contribution in [1.29, 1.82) is 0 Å². The first kappa shape index (κ1) is 11.6. The Morgan fingerprint density at radius 1 is 1.38 bits per heavy atom. The van der Waals surface area contributed by atoms with Crippen LogP contribution in [-0.4, -0.2) is 24.9 Å². The van der Waals surface area contributed by atoms with Crippen LogP contribution in [0.5, 0.6) is 0 Å². The lowest BCUT2D eigenvalue weighted by atomic mass is 10.1. The molecule has 1 unspecified atom stereocenters. The summed E-state index contributed by atoms with van der Waals surface area (Å²) in [6, 6.07) is 8.39. The van der Waals surface area contributed by atoms with Gasteiger partial charge in [-0.25, -0.2) is 0 Å². The van der Waals surface area contributed by atoms with Gasteiger partial charge in [-0.05, 0) is 35.2 Å². The van der Waals surface area contributed by atoms with Gasteiger partial charge in [-0.3, -0.25) is 0 Å². The molecule has 0 aliphatic rings. The molecule has 1 aromatic carbocycles. The van der Waals surface area contributed by atoms with Crippen molar-refractivity contribution < 1.29 is 9.84 Å². The number of aliphatic hydroxyl groups is 1. The molecule has 0 radical (unpaired) electrons. The predicted molar refractivity (Wildman–Crippen MR) is 68.0 cm³/mol. The topological polar surface area (TPSA) is 29.5 Å². The summed E-state index contributed by atoms with van der Waals surface area (Å²) >= 11 is 1.77. The summed E-state index contributed by atoms with van der Waals surface area (Å²) in [6.45, 7) is 0.419. The number of methoxy groups -OCH3 is 1. The first-order chi connectivity index (χ1) is 7.81. The number of aliphatic hydroxyl groups excluding tert-OH is 1. The number of benzene rings is 1. The van der Waals surface area contributed by atoms with Crippen LogP contribution < -0.4 is 0 Å². The third kappa shape index (κ3) is 2.61. The maximum atomic E-state index is 9.60. The lowest BCUT2D eigenvalue weighted by Crippen LogP contribution is -2.14. The summed E-state index contributed by atoms with van der Waals surface area (Å²) in [6.07, 6.45) is 1.31. The SMILES string of the molecule is COCC(O)CCc1csc2ccccc12. The molecule has 0 saturated carbocycles. The van der Waals surface area contributed by atoms with Crippen molar-refractivity contribution in [3.05, 3.63) is 35.2 Å². The summed E-state index contributed by atoms with van der Waals surface area (Å²) in [5.74, 6) is 0. The molecule has 0 spiro atoms. The van der Waals surface area contributed by atoms with Crippen molar-refractivity contribution in [2.75, 3.05) is 13.7 Å². The molecule has 16 heavy (non-hydrogen) atoms. The standard InChI is InChI=1S/C13H16O2S/c1-15-8-11(14)7-6-10-9-16-13-5-3-2-4-12(10)13/h2-5,9,11,14H,6-8H2,1H3. The van der Waals surface area contributed by atoms with Gasteiger partial charge in [0.05, 0.1) is 12.7 Å². The minimum atomic E-state index is -0.358. The molecule has 2 aromatic rings. The molecule has 0 bridgehead atoms. The van der Waals surface area contributed by atoms with Gasteiger partial charge in [0.2, 0.25) is 0 Å². The average Bonchev–Trinajstić information content (AvgIpc) is 2.70. The van der Waals surface area contributed by atoms with Crippen molar-refractivity contribution >= 4 is 21.4 Å². The van der Waals surface area contributed by atoms with Crippen LogP contribution in [0.4, 0.5) is 0 Å². The monoisotopic (exact) mass is 236 g/mol. The normalized spacial score (nSPS) is 13.1. The largest absolute Gasteiger partial charge is 0.391 e. The fourth-order valence-electron chi connectivity index (χ4n) is 1.82. The second kappa shape index (κ2) is 5.43. The molecule has 1 aromatic heterocycles. The summed E-state index contributed by atoms with van der Waals surface area (Å²) in [4.78, 5) is 0. The summed E-state index contributed by atoms with van der Waals surface area (Å²) in [5, 5.41) is 13.1. The van der Waals surface area contributed by atoms with Gasteiger partial charge in [0.1, 0.15) is 0 Å². The minimum absolute atomic E-state index is 0.358. The Kier molecular flexibility index (Phi) is 3.93. The second-order valence-electron chi connectivity index (χ2n) is 3.90. The van der Waals surface area contributed by atoms with Crippen molar-refractivity contribution in [1.82, 2.24) is 0 Å². The smallest absolute Gasteiger partial charge is 0.0776 e. The van der Waals surface area contributed by atoms with Gasteiger partial charge in [-0.15, -0.1) is 11.3 Å². The van der Waals surface area contributed by atoms with E-state index in [9.17, 15) is 5.11 Å². The lowest BCUT2D eigenvalue weighted by Gasteiger charge is -2.08. The molecule has 0 amide bonds. The first-order valence-electron chi connectivity index (χ1n) is 5.43. The van der Waals surface area contributed by atoms with Crippen LogP contribution in [0.15, 0.2) is 29.6 Å². The third-order valence-corrected chi connectivity index (χ3v) is 3.68. The van der Waals surface area contributed by atoms with E-state index in [-0.39, 0.29) is 6.10 Å². The van der Waals surface area contributed by atoms with Crippen LogP contribution in [0.1, 0.15) is 12.0 Å². The van der Waals surface area contributed by atoms with Crippen LogP contribution in [0.2, 0.25) is 0 Å². The van der Waals surface area contributed by atoms with E-state index < -0.39 is 0 Å². The molecule has 2 rings (SSSR count). The lowest BCUT2D eigenvalue weighted by molar-refractivity contribution is 0.0596. The first-order valence-corrected chi connectivity index (χ1v) is 6.31. The molecule has 3 heteroatoms.